The Morgan fingerprint density at radius 3 is 1.69 bits per heavy atom. The quantitative estimate of drug-likeness (QED) is 0.615. The number of hydrogen-bond donors (Lipinski definition) is 1. The Balaban J connectivity index is 0.000000445. The summed E-state index contributed by atoms with van der Waals surface area (Å²) >= 11 is 0. The second-order valence-electron chi connectivity index (χ2n) is 7.71. The second-order valence-corrected chi connectivity index (χ2v) is 7.71. The van der Waals surface area contributed by atoms with E-state index >= 15 is 0 Å². The number of carboxylic acids is 1. The molecule has 4 nitrogen and oxygen atoms in total. The van der Waals surface area contributed by atoms with Gasteiger partial charge in [0.15, 0.2) is 0 Å². The van der Waals surface area contributed by atoms with E-state index in [1.807, 2.05) is 19.1 Å². The lowest BCUT2D eigenvalue weighted by Crippen LogP contribution is -2.00. The van der Waals surface area contributed by atoms with E-state index in [2.05, 4.69) is 68.8 Å². The third kappa shape index (κ3) is 13.9. The van der Waals surface area contributed by atoms with Gasteiger partial charge in [-0.1, -0.05) is 87.4 Å². The number of hydrogen-bond acceptors (Lipinski definition) is 3. The normalized spacial score (nSPS) is 10.3. The maximum Gasteiger partial charge on any atom is 0.337 e. The van der Waals surface area contributed by atoms with Crippen molar-refractivity contribution in [2.24, 2.45) is 5.41 Å². The van der Waals surface area contributed by atoms with E-state index < -0.39 is 5.97 Å². The first-order chi connectivity index (χ1) is 13.5. The molecule has 0 saturated carbocycles. The van der Waals surface area contributed by atoms with Gasteiger partial charge in [-0.3, -0.25) is 4.79 Å². The van der Waals surface area contributed by atoms with Crippen LogP contribution in [0, 0.1) is 19.3 Å². The van der Waals surface area contributed by atoms with Gasteiger partial charge >= 0.3 is 11.9 Å². The zero-order chi connectivity index (χ0) is 22.4. The largest absolute Gasteiger partial charge is 0.481 e. The molecule has 0 heterocycles. The van der Waals surface area contributed by atoms with E-state index in [1.165, 1.54) is 18.2 Å². The molecule has 2 aromatic carbocycles. The zero-order valence-electron chi connectivity index (χ0n) is 18.7. The predicted octanol–water partition coefficient (Wildman–Crippen LogP) is 6.32. The molecule has 1 N–H and O–H groups in total. The molecule has 0 spiro atoms. The molecule has 0 atom stereocenters. The maximum atomic E-state index is 10.9. The Morgan fingerprint density at radius 2 is 1.34 bits per heavy atom. The van der Waals surface area contributed by atoms with Crippen molar-refractivity contribution in [1.29, 1.82) is 0 Å². The molecule has 4 heteroatoms. The highest BCUT2D eigenvalue weighted by molar-refractivity contribution is 5.89. The number of ether oxygens (including phenoxy) is 1. The molecule has 2 aromatic rings. The van der Waals surface area contributed by atoms with Crippen LogP contribution in [0.2, 0.25) is 0 Å². The third-order valence-electron chi connectivity index (χ3n) is 3.63. The number of methoxy groups -OCH3 is 1. The van der Waals surface area contributed by atoms with Crippen molar-refractivity contribution >= 4 is 18.0 Å². The molecule has 0 aliphatic heterocycles. The van der Waals surface area contributed by atoms with E-state index in [0.717, 1.165) is 5.56 Å². The van der Waals surface area contributed by atoms with Gasteiger partial charge in [0, 0.05) is 6.42 Å². The molecule has 0 unspecified atom stereocenters. The van der Waals surface area contributed by atoms with Crippen LogP contribution in [0.15, 0.2) is 54.6 Å². The summed E-state index contributed by atoms with van der Waals surface area (Å²) in [5, 5.41) is 7.72. The summed E-state index contributed by atoms with van der Waals surface area (Å²) in [6.07, 6.45) is 4.64. The van der Waals surface area contributed by atoms with Gasteiger partial charge < -0.3 is 9.84 Å². The van der Waals surface area contributed by atoms with Gasteiger partial charge in [0.1, 0.15) is 0 Å². The summed E-state index contributed by atoms with van der Waals surface area (Å²) in [6, 6.07) is 15.8. The number of allylic oxidation sites excluding steroid dienone is 1. The minimum Gasteiger partial charge on any atom is -0.481 e. The molecule has 0 aliphatic rings. The number of carboxylic acid groups (broad SMARTS) is 1. The maximum absolute atomic E-state index is 10.9. The fourth-order valence-electron chi connectivity index (χ4n) is 1.83. The van der Waals surface area contributed by atoms with Gasteiger partial charge in [-0.05, 0) is 37.0 Å². The highest BCUT2D eigenvalue weighted by atomic mass is 16.5. The van der Waals surface area contributed by atoms with Gasteiger partial charge in [-0.15, -0.1) is 0 Å². The number of aliphatic carboxylic acids is 1. The van der Waals surface area contributed by atoms with E-state index in [4.69, 9.17) is 5.11 Å². The molecule has 158 valence electrons. The van der Waals surface area contributed by atoms with Crippen LogP contribution in [-0.2, 0) is 9.53 Å². The first-order valence-electron chi connectivity index (χ1n) is 9.61. The lowest BCUT2D eigenvalue weighted by molar-refractivity contribution is -0.136. The lowest BCUT2D eigenvalue weighted by atomic mass is 9.95. The first kappa shape index (κ1) is 26.1. The summed E-state index contributed by atoms with van der Waals surface area (Å²) < 4.78 is 4.54. The third-order valence-corrected chi connectivity index (χ3v) is 3.63. The monoisotopic (exact) mass is 398 g/mol. The number of carbonyl (C=O) groups excluding carboxylic acids is 1. The van der Waals surface area contributed by atoms with Crippen LogP contribution in [0.4, 0.5) is 0 Å². The number of rotatable bonds is 3. The minimum atomic E-state index is -0.745. The molecule has 0 aliphatic carbocycles. The number of carbonyl (C=O) groups is 2. The molecular formula is C25H34O4. The van der Waals surface area contributed by atoms with Crippen molar-refractivity contribution < 1.29 is 19.4 Å². The van der Waals surface area contributed by atoms with E-state index in [1.54, 1.807) is 19.1 Å². The van der Waals surface area contributed by atoms with Gasteiger partial charge in [0.05, 0.1) is 12.7 Å². The summed E-state index contributed by atoms with van der Waals surface area (Å²) in [5.74, 6) is -1.03. The Hall–Kier alpha value is -2.88. The van der Waals surface area contributed by atoms with Crippen LogP contribution in [0.3, 0.4) is 0 Å². The molecule has 0 amide bonds. The van der Waals surface area contributed by atoms with Crippen LogP contribution in [0.1, 0.15) is 61.2 Å². The summed E-state index contributed by atoms with van der Waals surface area (Å²) in [4.78, 5) is 20.3. The fourth-order valence-corrected chi connectivity index (χ4v) is 1.83. The summed E-state index contributed by atoms with van der Waals surface area (Å²) in [6.45, 7) is 12.3. The molecule has 0 saturated heterocycles. The lowest BCUT2D eigenvalue weighted by Gasteiger charge is -2.10. The van der Waals surface area contributed by atoms with Crippen LogP contribution in [0.25, 0.3) is 6.08 Å². The number of benzene rings is 2. The van der Waals surface area contributed by atoms with Gasteiger partial charge in [0.2, 0.25) is 0 Å². The standard InChI is InChI=1S/C13H18.C9H10O2.C3H6O2/c1-11-5-7-12(8-6-11)9-10-13(2,3)4;1-7-3-5-8(6-4-7)9(10)11-2;1-2-3(4)5/h5-10H,1-4H3;3-6H,1-2H3;2H2,1H3,(H,4,5)/b10-9+;;. The summed E-state index contributed by atoms with van der Waals surface area (Å²) in [5.41, 5.74) is 4.59. The van der Waals surface area contributed by atoms with Gasteiger partial charge in [0.25, 0.3) is 0 Å². The molecule has 0 fully saturated rings. The molecule has 2 rings (SSSR count). The first-order valence-corrected chi connectivity index (χ1v) is 9.61. The van der Waals surface area contributed by atoms with Crippen LogP contribution in [0.5, 0.6) is 0 Å². The zero-order valence-corrected chi connectivity index (χ0v) is 18.7. The van der Waals surface area contributed by atoms with Crippen molar-refractivity contribution in [2.75, 3.05) is 7.11 Å². The minimum absolute atomic E-state index is 0.222. The average Bonchev–Trinajstić information content (AvgIpc) is 2.68. The Labute approximate surface area is 175 Å². The highest BCUT2D eigenvalue weighted by Crippen LogP contribution is 2.17. The van der Waals surface area contributed by atoms with Crippen LogP contribution in [-0.4, -0.2) is 24.2 Å². The van der Waals surface area contributed by atoms with Crippen molar-refractivity contribution in [3.05, 3.63) is 76.9 Å². The molecule has 0 aromatic heterocycles. The van der Waals surface area contributed by atoms with Gasteiger partial charge in [-0.25, -0.2) is 4.79 Å². The summed E-state index contributed by atoms with van der Waals surface area (Å²) in [7, 11) is 1.38. The van der Waals surface area contributed by atoms with Crippen molar-refractivity contribution in [2.45, 2.75) is 48.0 Å². The van der Waals surface area contributed by atoms with Gasteiger partial charge in [-0.2, -0.15) is 0 Å². The average molecular weight is 399 g/mol. The van der Waals surface area contributed by atoms with E-state index in [9.17, 15) is 9.59 Å². The molecule has 0 radical (unpaired) electrons. The van der Waals surface area contributed by atoms with Crippen molar-refractivity contribution in [3.8, 4) is 0 Å². The molecule has 0 bridgehead atoms. The number of aryl methyl sites for hydroxylation is 2. The van der Waals surface area contributed by atoms with E-state index in [0.29, 0.717) is 5.56 Å². The second kappa shape index (κ2) is 13.3. The van der Waals surface area contributed by atoms with Crippen molar-refractivity contribution in [3.63, 3.8) is 0 Å². The Morgan fingerprint density at radius 1 is 0.931 bits per heavy atom. The predicted molar refractivity (Wildman–Crippen MR) is 120 cm³/mol. The molecular weight excluding hydrogens is 364 g/mol. The molecule has 29 heavy (non-hydrogen) atoms. The SMILES string of the molecule is CCC(=O)O.COC(=O)c1ccc(C)cc1.Cc1ccc(/C=C/C(C)(C)C)cc1. The van der Waals surface area contributed by atoms with Crippen LogP contribution >= 0.6 is 0 Å². The van der Waals surface area contributed by atoms with Crippen LogP contribution < -0.4 is 0 Å². The number of esters is 1. The Kier molecular flexibility index (Phi) is 12.0. The topological polar surface area (TPSA) is 63.6 Å². The van der Waals surface area contributed by atoms with Crippen molar-refractivity contribution in [1.82, 2.24) is 0 Å². The highest BCUT2D eigenvalue weighted by Gasteiger charge is 2.03. The smallest absolute Gasteiger partial charge is 0.337 e. The Bertz CT molecular complexity index is 764. The fraction of sp³-hybridized carbons (Fsp3) is 0.360. The van der Waals surface area contributed by atoms with E-state index in [-0.39, 0.29) is 17.8 Å².